The number of rotatable bonds is 7. The summed E-state index contributed by atoms with van der Waals surface area (Å²) in [6, 6.07) is 2.40. The summed E-state index contributed by atoms with van der Waals surface area (Å²) in [5, 5.41) is 9.18. The summed E-state index contributed by atoms with van der Waals surface area (Å²) >= 11 is 7.63. The van der Waals surface area contributed by atoms with Crippen LogP contribution >= 0.6 is 22.9 Å². The number of nitrogens with zero attached hydrogens (tertiary/aromatic N) is 5. The minimum absolute atomic E-state index is 0.0190. The van der Waals surface area contributed by atoms with Gasteiger partial charge in [-0.3, -0.25) is 4.90 Å². The summed E-state index contributed by atoms with van der Waals surface area (Å²) in [4.78, 5) is 11.7. The molecule has 2 saturated heterocycles. The minimum atomic E-state index is -3.17. The number of nitrogen functional groups attached to an aromatic ring is 1. The van der Waals surface area contributed by atoms with Gasteiger partial charge in [0, 0.05) is 30.3 Å². The van der Waals surface area contributed by atoms with Crippen LogP contribution in [0.3, 0.4) is 0 Å². The van der Waals surface area contributed by atoms with Crippen LogP contribution in [0.15, 0.2) is 12.1 Å². The van der Waals surface area contributed by atoms with E-state index in [1.54, 1.807) is 0 Å². The number of aromatic nitrogens is 2. The first-order valence-corrected chi connectivity index (χ1v) is 16.7. The van der Waals surface area contributed by atoms with Crippen molar-refractivity contribution < 1.29 is 40.2 Å². The van der Waals surface area contributed by atoms with Gasteiger partial charge >= 0.3 is 6.01 Å². The molecule has 258 valence electrons. The molecule has 4 aliphatic rings. The van der Waals surface area contributed by atoms with Gasteiger partial charge in [0.2, 0.25) is 0 Å². The van der Waals surface area contributed by atoms with Gasteiger partial charge < -0.3 is 20.1 Å². The molecule has 0 amide bonds. The van der Waals surface area contributed by atoms with E-state index in [1.165, 1.54) is 6.07 Å². The smallest absolute Gasteiger partial charge is 0.319 e. The molecule has 3 aliphatic heterocycles. The molecule has 4 atom stereocenters. The first kappa shape index (κ1) is 32.4. The third kappa shape index (κ3) is 5.02. The van der Waals surface area contributed by atoms with Crippen LogP contribution in [0, 0.1) is 28.9 Å². The molecule has 2 aromatic heterocycles. The quantitative estimate of drug-likeness (QED) is 0.198. The highest BCUT2D eigenvalue weighted by Crippen LogP contribution is 2.56. The molecule has 49 heavy (non-hydrogen) atoms. The van der Waals surface area contributed by atoms with Gasteiger partial charge in [-0.15, -0.1) is 11.3 Å². The largest absolute Gasteiger partial charge is 0.489 e. The van der Waals surface area contributed by atoms with Crippen molar-refractivity contribution in [2.75, 3.05) is 43.5 Å². The lowest BCUT2D eigenvalue weighted by Crippen LogP contribution is -2.45. The SMILES string of the molecule is N#Cc1c(N)sc2c(F)ccc(-c3c(Cl)c4c5c(nc(OC[C@@]67CCCN6C[C@H](F)C7)nc5c3F)N(CC(F)F)C(C3CC3(F)F)CO4)c12. The molecule has 0 spiro atoms. The molecule has 4 aromatic rings. The number of fused-ring (bicyclic) bond motifs is 2. The van der Waals surface area contributed by atoms with Gasteiger partial charge in [-0.2, -0.15) is 15.2 Å². The van der Waals surface area contributed by atoms with Crippen LogP contribution in [-0.4, -0.2) is 77.8 Å². The molecule has 1 aliphatic carbocycles. The Kier molecular flexibility index (Phi) is 7.51. The third-order valence-corrected chi connectivity index (χ3v) is 11.5. The monoisotopic (exact) mass is 726 g/mol. The molecule has 0 radical (unpaired) electrons. The fraction of sp³-hybridized carbons (Fsp3) is 0.469. The van der Waals surface area contributed by atoms with E-state index in [2.05, 4.69) is 9.97 Å². The van der Waals surface area contributed by atoms with Crippen molar-refractivity contribution in [3.63, 3.8) is 0 Å². The topological polar surface area (TPSA) is 101 Å². The minimum Gasteiger partial charge on any atom is -0.489 e. The Morgan fingerprint density at radius 1 is 1.20 bits per heavy atom. The maximum atomic E-state index is 17.1. The summed E-state index contributed by atoms with van der Waals surface area (Å²) < 4.78 is 116. The third-order valence-electron chi connectivity index (χ3n) is 10.1. The molecule has 2 unspecified atom stereocenters. The molecule has 2 N–H and O–H groups in total. The summed E-state index contributed by atoms with van der Waals surface area (Å²) in [7, 11) is 0. The van der Waals surface area contributed by atoms with Crippen molar-refractivity contribution in [2.24, 2.45) is 5.92 Å². The Labute approximate surface area is 283 Å². The fourth-order valence-electron chi connectivity index (χ4n) is 7.81. The van der Waals surface area contributed by atoms with Crippen molar-refractivity contribution in [3.05, 3.63) is 34.4 Å². The molecular formula is C32H26ClF7N6O2S. The standard InChI is InChI=1S/C32H26ClF7N6O2S/c33-23-21(14-2-3-17(35)27-20(14)15(8-41)28(42)49-27)24(38)25-22-26(23)47-11-18(16-7-32(16,39)40)46(10-19(36)37)29(22)44-30(43-25)48-12-31-4-1-5-45(31)9-13(34)6-31/h2-3,13,16,18-19H,1,4-7,9-12,42H2/t13-,16?,18?,31+/m1/s1. The molecule has 3 fully saturated rings. The summed E-state index contributed by atoms with van der Waals surface area (Å²) in [5.74, 6) is -6.99. The number of halogens is 8. The molecule has 0 bridgehead atoms. The van der Waals surface area contributed by atoms with Gasteiger partial charge in [0.25, 0.3) is 12.3 Å². The maximum Gasteiger partial charge on any atom is 0.319 e. The van der Waals surface area contributed by atoms with Gasteiger partial charge in [-0.05, 0) is 31.0 Å². The maximum absolute atomic E-state index is 17.1. The first-order chi connectivity index (χ1) is 23.3. The second kappa shape index (κ2) is 11.4. The van der Waals surface area contributed by atoms with Gasteiger partial charge in [0.05, 0.1) is 44.7 Å². The van der Waals surface area contributed by atoms with E-state index in [0.717, 1.165) is 28.7 Å². The highest BCUT2D eigenvalue weighted by atomic mass is 35.5. The number of ether oxygens (including phenoxy) is 2. The Hall–Kier alpha value is -3.81. The molecule has 5 heterocycles. The zero-order valence-corrected chi connectivity index (χ0v) is 27.0. The van der Waals surface area contributed by atoms with Crippen LogP contribution in [0.1, 0.15) is 31.2 Å². The molecule has 8 nitrogen and oxygen atoms in total. The summed E-state index contributed by atoms with van der Waals surface area (Å²) in [5.41, 5.74) is 4.31. The van der Waals surface area contributed by atoms with Gasteiger partial charge in [0.15, 0.2) is 11.6 Å². The second-order valence-corrected chi connectivity index (χ2v) is 14.4. The molecular weight excluding hydrogens is 701 g/mol. The van der Waals surface area contributed by atoms with Crippen LogP contribution < -0.4 is 20.1 Å². The van der Waals surface area contributed by atoms with E-state index in [4.69, 9.17) is 26.8 Å². The molecule has 8 rings (SSSR count). The Bertz CT molecular complexity index is 2080. The van der Waals surface area contributed by atoms with E-state index in [1.807, 2.05) is 11.0 Å². The highest BCUT2D eigenvalue weighted by Gasteiger charge is 2.62. The lowest BCUT2D eigenvalue weighted by Gasteiger charge is -2.32. The number of nitrogens with two attached hydrogens (primary N) is 1. The van der Waals surface area contributed by atoms with Crippen molar-refractivity contribution in [3.8, 4) is 29.0 Å². The van der Waals surface area contributed by atoms with E-state index in [0.29, 0.717) is 13.0 Å². The van der Waals surface area contributed by atoms with Crippen molar-refractivity contribution >= 4 is 54.7 Å². The number of alkyl halides is 5. The zero-order chi connectivity index (χ0) is 34.6. The van der Waals surface area contributed by atoms with Gasteiger partial charge in [0.1, 0.15) is 47.6 Å². The van der Waals surface area contributed by atoms with E-state index >= 15 is 4.39 Å². The zero-order valence-electron chi connectivity index (χ0n) is 25.4. The van der Waals surface area contributed by atoms with Crippen molar-refractivity contribution in [1.82, 2.24) is 14.9 Å². The van der Waals surface area contributed by atoms with Crippen LogP contribution in [0.4, 0.5) is 41.6 Å². The van der Waals surface area contributed by atoms with E-state index in [9.17, 15) is 31.6 Å². The predicted octanol–water partition coefficient (Wildman–Crippen LogP) is 7.34. The lowest BCUT2D eigenvalue weighted by molar-refractivity contribution is 0.0828. The highest BCUT2D eigenvalue weighted by molar-refractivity contribution is 7.23. The summed E-state index contributed by atoms with van der Waals surface area (Å²) in [6.45, 7) is -0.821. The van der Waals surface area contributed by atoms with E-state index < -0.39 is 83.8 Å². The first-order valence-electron chi connectivity index (χ1n) is 15.5. The number of thiophene rings is 1. The van der Waals surface area contributed by atoms with Crippen LogP contribution in [0.2, 0.25) is 5.02 Å². The summed E-state index contributed by atoms with van der Waals surface area (Å²) in [6.07, 6.45) is -3.11. The Morgan fingerprint density at radius 2 is 1.98 bits per heavy atom. The van der Waals surface area contributed by atoms with Crippen LogP contribution in [0.25, 0.3) is 32.1 Å². The molecule has 1 saturated carbocycles. The van der Waals surface area contributed by atoms with E-state index in [-0.39, 0.29) is 68.3 Å². The average Bonchev–Trinajstić information content (AvgIpc) is 3.26. The number of hydrogen-bond acceptors (Lipinski definition) is 9. The predicted molar refractivity (Wildman–Crippen MR) is 169 cm³/mol. The van der Waals surface area contributed by atoms with Crippen molar-refractivity contribution in [1.29, 1.82) is 5.26 Å². The number of benzene rings is 2. The number of hydrogen-bond donors (Lipinski definition) is 1. The van der Waals surface area contributed by atoms with Gasteiger partial charge in [-0.1, -0.05) is 17.7 Å². The average molecular weight is 727 g/mol. The Balaban J connectivity index is 1.36. The lowest BCUT2D eigenvalue weighted by atomic mass is 9.95. The molecule has 2 aromatic carbocycles. The number of nitriles is 1. The number of anilines is 2. The van der Waals surface area contributed by atoms with Gasteiger partial charge in [-0.25, -0.2) is 30.7 Å². The fourth-order valence-corrected chi connectivity index (χ4v) is 9.09. The molecule has 17 heteroatoms. The van der Waals surface area contributed by atoms with Crippen molar-refractivity contribution in [2.45, 2.75) is 55.8 Å². The normalized spacial score (nSPS) is 25.9. The second-order valence-electron chi connectivity index (χ2n) is 13.0. The van der Waals surface area contributed by atoms with Crippen LogP contribution in [0.5, 0.6) is 11.8 Å². The van der Waals surface area contributed by atoms with Crippen LogP contribution in [-0.2, 0) is 0 Å². The Morgan fingerprint density at radius 3 is 2.69 bits per heavy atom.